The van der Waals surface area contributed by atoms with Gasteiger partial charge in [0.05, 0.1) is 11.9 Å². The highest BCUT2D eigenvalue weighted by Crippen LogP contribution is 2.45. The quantitative estimate of drug-likeness (QED) is 0.779. The lowest BCUT2D eigenvalue weighted by Crippen LogP contribution is -2.51. The van der Waals surface area contributed by atoms with Gasteiger partial charge >= 0.3 is 6.09 Å². The van der Waals surface area contributed by atoms with Gasteiger partial charge in [0.25, 0.3) is 0 Å². The van der Waals surface area contributed by atoms with E-state index >= 15 is 0 Å². The fourth-order valence-electron chi connectivity index (χ4n) is 5.03. The number of amides is 1. The van der Waals surface area contributed by atoms with Gasteiger partial charge in [0.2, 0.25) is 10.0 Å². The second-order valence-corrected chi connectivity index (χ2v) is 10.2. The lowest BCUT2D eigenvalue weighted by atomic mass is 9.80. The second-order valence-electron chi connectivity index (χ2n) is 8.21. The van der Waals surface area contributed by atoms with Crippen LogP contribution in [0.4, 0.5) is 10.5 Å². The van der Waals surface area contributed by atoms with E-state index in [2.05, 4.69) is 4.90 Å². The highest BCUT2D eigenvalue weighted by Gasteiger charge is 2.50. The summed E-state index contributed by atoms with van der Waals surface area (Å²) in [5.74, 6) is 0. The van der Waals surface area contributed by atoms with Crippen molar-refractivity contribution in [2.45, 2.75) is 43.4 Å². The SMILES string of the molecule is CS(=O)(=O)N1CCN(c2ccc([C@]3(O)C[C@H]4CC[C@@H](C3)N4C(=O)O)cc2)CC1. The normalized spacial score (nSPS) is 31.2. The molecule has 0 saturated carbocycles. The first kappa shape index (κ1) is 19.5. The van der Waals surface area contributed by atoms with Gasteiger partial charge in [-0.3, -0.25) is 0 Å². The summed E-state index contributed by atoms with van der Waals surface area (Å²) < 4.78 is 24.8. The molecule has 1 aromatic rings. The molecule has 154 valence electrons. The van der Waals surface area contributed by atoms with Gasteiger partial charge in [-0.05, 0) is 30.5 Å². The third kappa shape index (κ3) is 3.46. The van der Waals surface area contributed by atoms with Crippen molar-refractivity contribution in [1.29, 1.82) is 0 Å². The molecule has 9 heteroatoms. The summed E-state index contributed by atoms with van der Waals surface area (Å²) >= 11 is 0. The average Bonchev–Trinajstić information content (AvgIpc) is 2.94. The zero-order valence-corrected chi connectivity index (χ0v) is 16.8. The minimum Gasteiger partial charge on any atom is -0.465 e. The molecule has 28 heavy (non-hydrogen) atoms. The minimum atomic E-state index is -3.15. The molecular formula is C19H27N3O5S. The summed E-state index contributed by atoms with van der Waals surface area (Å²) in [6, 6.07) is 7.54. The van der Waals surface area contributed by atoms with Crippen LogP contribution in [0.15, 0.2) is 24.3 Å². The highest BCUT2D eigenvalue weighted by molar-refractivity contribution is 7.88. The number of rotatable bonds is 3. The number of carbonyl (C=O) groups is 1. The molecule has 2 bridgehead atoms. The summed E-state index contributed by atoms with van der Waals surface area (Å²) in [4.78, 5) is 15.1. The van der Waals surface area contributed by atoms with Crippen LogP contribution in [0.1, 0.15) is 31.2 Å². The Morgan fingerprint density at radius 1 is 1.04 bits per heavy atom. The van der Waals surface area contributed by atoms with Crippen LogP contribution in [0.5, 0.6) is 0 Å². The number of nitrogens with zero attached hydrogens (tertiary/aromatic N) is 3. The fourth-order valence-corrected chi connectivity index (χ4v) is 5.86. The Bertz CT molecular complexity index is 835. The van der Waals surface area contributed by atoms with E-state index in [-0.39, 0.29) is 12.1 Å². The van der Waals surface area contributed by atoms with Gasteiger partial charge in [-0.15, -0.1) is 0 Å². The molecule has 3 aliphatic heterocycles. The van der Waals surface area contributed by atoms with Crippen LogP contribution in [0.25, 0.3) is 0 Å². The van der Waals surface area contributed by atoms with Crippen molar-refractivity contribution in [3.63, 3.8) is 0 Å². The monoisotopic (exact) mass is 409 g/mol. The number of piperidine rings is 1. The van der Waals surface area contributed by atoms with Crippen LogP contribution in [-0.4, -0.2) is 78.4 Å². The number of anilines is 1. The van der Waals surface area contributed by atoms with Gasteiger partial charge in [0.1, 0.15) is 0 Å². The van der Waals surface area contributed by atoms with E-state index in [4.69, 9.17) is 0 Å². The third-order valence-corrected chi connectivity index (χ3v) is 7.77. The molecule has 3 saturated heterocycles. The molecule has 0 unspecified atom stereocenters. The minimum absolute atomic E-state index is 0.120. The van der Waals surface area contributed by atoms with Gasteiger partial charge in [0, 0.05) is 56.8 Å². The summed E-state index contributed by atoms with van der Waals surface area (Å²) in [7, 11) is -3.15. The van der Waals surface area contributed by atoms with Crippen molar-refractivity contribution in [3.05, 3.63) is 29.8 Å². The maximum atomic E-state index is 11.6. The first-order chi connectivity index (χ1) is 13.2. The van der Waals surface area contributed by atoms with Gasteiger partial charge in [-0.1, -0.05) is 12.1 Å². The van der Waals surface area contributed by atoms with E-state index in [1.165, 1.54) is 15.5 Å². The largest absolute Gasteiger partial charge is 0.465 e. The number of fused-ring (bicyclic) bond motifs is 2. The molecule has 2 N–H and O–H groups in total. The molecule has 8 nitrogen and oxygen atoms in total. The predicted octanol–water partition coefficient (Wildman–Crippen LogP) is 1.26. The van der Waals surface area contributed by atoms with Gasteiger partial charge < -0.3 is 20.0 Å². The Balaban J connectivity index is 1.45. The number of hydrogen-bond acceptors (Lipinski definition) is 5. The molecule has 3 aliphatic rings. The van der Waals surface area contributed by atoms with Crippen molar-refractivity contribution in [3.8, 4) is 0 Å². The number of carboxylic acid groups (broad SMARTS) is 1. The van der Waals surface area contributed by atoms with Crippen LogP contribution < -0.4 is 4.90 Å². The Morgan fingerprint density at radius 3 is 2.04 bits per heavy atom. The molecule has 0 radical (unpaired) electrons. The molecule has 0 aliphatic carbocycles. The Morgan fingerprint density at radius 2 is 1.57 bits per heavy atom. The van der Waals surface area contributed by atoms with Crippen LogP contribution in [-0.2, 0) is 15.6 Å². The van der Waals surface area contributed by atoms with E-state index in [0.717, 1.165) is 24.1 Å². The smallest absolute Gasteiger partial charge is 0.407 e. The maximum Gasteiger partial charge on any atom is 0.407 e. The lowest BCUT2D eigenvalue weighted by molar-refractivity contribution is -0.0492. The van der Waals surface area contributed by atoms with Crippen molar-refractivity contribution in [2.75, 3.05) is 37.3 Å². The average molecular weight is 410 g/mol. The van der Waals surface area contributed by atoms with E-state index in [0.29, 0.717) is 39.0 Å². The zero-order chi connectivity index (χ0) is 20.1. The van der Waals surface area contributed by atoms with Crippen LogP contribution in [0.2, 0.25) is 0 Å². The molecule has 1 amide bonds. The first-order valence-corrected chi connectivity index (χ1v) is 11.6. The van der Waals surface area contributed by atoms with Crippen molar-refractivity contribution in [2.24, 2.45) is 0 Å². The number of benzene rings is 1. The zero-order valence-electron chi connectivity index (χ0n) is 16.0. The summed E-state index contributed by atoms with van der Waals surface area (Å²) in [6.45, 7) is 2.21. The van der Waals surface area contributed by atoms with E-state index in [1.54, 1.807) is 0 Å². The Hall–Kier alpha value is -1.84. The topological polar surface area (TPSA) is 101 Å². The molecule has 3 fully saturated rings. The number of aliphatic hydroxyl groups is 1. The maximum absolute atomic E-state index is 11.6. The second kappa shape index (κ2) is 6.89. The standard InChI is InChI=1S/C19H27N3O5S/c1-28(26,27)21-10-8-20(9-11-21)15-4-2-14(3-5-15)19(25)12-16-6-7-17(13-19)22(16)18(23)24/h2-5,16-17,25H,6-13H2,1H3,(H,23,24)/t16-,17+,19+. The Kier molecular flexibility index (Phi) is 4.79. The van der Waals surface area contributed by atoms with Crippen LogP contribution >= 0.6 is 0 Å². The van der Waals surface area contributed by atoms with Gasteiger partial charge in [0.15, 0.2) is 0 Å². The molecule has 0 aromatic heterocycles. The van der Waals surface area contributed by atoms with Crippen LogP contribution in [0, 0.1) is 0 Å². The molecule has 4 rings (SSSR count). The first-order valence-electron chi connectivity index (χ1n) is 9.72. The highest BCUT2D eigenvalue weighted by atomic mass is 32.2. The molecule has 1 aromatic carbocycles. The van der Waals surface area contributed by atoms with E-state index in [1.807, 2.05) is 24.3 Å². The number of hydrogen-bond donors (Lipinski definition) is 2. The van der Waals surface area contributed by atoms with Crippen LogP contribution in [0.3, 0.4) is 0 Å². The van der Waals surface area contributed by atoms with Gasteiger partial charge in [-0.25, -0.2) is 13.2 Å². The summed E-state index contributed by atoms with van der Waals surface area (Å²) in [5.41, 5.74) is 0.838. The van der Waals surface area contributed by atoms with Crippen molar-refractivity contribution in [1.82, 2.24) is 9.21 Å². The molecule has 3 heterocycles. The van der Waals surface area contributed by atoms with Crippen molar-refractivity contribution < 1.29 is 23.4 Å². The molecule has 0 spiro atoms. The van der Waals surface area contributed by atoms with Crippen molar-refractivity contribution >= 4 is 21.8 Å². The molecular weight excluding hydrogens is 382 g/mol. The predicted molar refractivity (Wildman–Crippen MR) is 105 cm³/mol. The summed E-state index contributed by atoms with van der Waals surface area (Å²) in [6.07, 6.45) is 2.83. The number of piperazine rings is 1. The fraction of sp³-hybridized carbons (Fsp3) is 0.632. The summed E-state index contributed by atoms with van der Waals surface area (Å²) in [5, 5.41) is 20.6. The lowest BCUT2D eigenvalue weighted by Gasteiger charge is -2.43. The third-order valence-electron chi connectivity index (χ3n) is 6.46. The van der Waals surface area contributed by atoms with E-state index < -0.39 is 21.7 Å². The Labute approximate surface area is 165 Å². The van der Waals surface area contributed by atoms with Gasteiger partial charge in [-0.2, -0.15) is 4.31 Å². The molecule has 3 atom stereocenters. The van der Waals surface area contributed by atoms with E-state index in [9.17, 15) is 23.4 Å². The number of sulfonamides is 1.